The normalized spacial score (nSPS) is 13.8. The number of fused-ring (bicyclic) bond motifs is 8. The highest BCUT2D eigenvalue weighted by Crippen LogP contribution is 2.41. The third-order valence-electron chi connectivity index (χ3n) is 10.9. The number of furan rings is 2. The standard InChI is InChI=1S/C55H33N3O2/c1-3-13-34(14-4-1)37-18-9-20-39(31-37)53-56-54(58-55(57-53)41-28-29-45-49(33-41)59-47-25-11-23-42(50(45)47)35-15-5-2-6-16-35)40-21-10-19-38(32-40)43-24-12-26-48-51(43)46-30-27-36-17-7-8-22-44(36)52(46)60-48/h1-33H/i7D,8D,12D,17D,22D,24D,26D,27D,30D. The first-order valence-corrected chi connectivity index (χ1v) is 19.4. The van der Waals surface area contributed by atoms with Gasteiger partial charge in [-0.1, -0.05) is 158 Å². The van der Waals surface area contributed by atoms with E-state index < -0.39 is 48.3 Å². The van der Waals surface area contributed by atoms with Gasteiger partial charge in [0.1, 0.15) is 22.3 Å². The van der Waals surface area contributed by atoms with Gasteiger partial charge in [-0.15, -0.1) is 0 Å². The summed E-state index contributed by atoms with van der Waals surface area (Å²) in [6.45, 7) is 0. The van der Waals surface area contributed by atoms with Crippen LogP contribution in [-0.4, -0.2) is 15.0 Å². The van der Waals surface area contributed by atoms with Crippen LogP contribution in [0.4, 0.5) is 0 Å². The quantitative estimate of drug-likeness (QED) is 0.168. The lowest BCUT2D eigenvalue weighted by Gasteiger charge is -2.11. The molecule has 0 saturated carbocycles. The van der Waals surface area contributed by atoms with Crippen molar-refractivity contribution >= 4 is 54.6 Å². The number of hydrogen-bond donors (Lipinski definition) is 0. The van der Waals surface area contributed by atoms with E-state index in [2.05, 4.69) is 18.2 Å². The Bertz CT molecular complexity index is 4140. The highest BCUT2D eigenvalue weighted by atomic mass is 16.3. The molecule has 280 valence electrons. The Morgan fingerprint density at radius 1 is 0.350 bits per heavy atom. The predicted molar refractivity (Wildman–Crippen MR) is 245 cm³/mol. The number of aromatic nitrogens is 3. The Balaban J connectivity index is 1.07. The van der Waals surface area contributed by atoms with Gasteiger partial charge < -0.3 is 8.83 Å². The molecule has 0 fully saturated rings. The summed E-state index contributed by atoms with van der Waals surface area (Å²) < 4.78 is 92.1. The molecule has 0 spiro atoms. The second kappa shape index (κ2) is 13.8. The van der Waals surface area contributed by atoms with E-state index in [0.29, 0.717) is 33.9 Å². The molecule has 0 aliphatic heterocycles. The van der Waals surface area contributed by atoms with Gasteiger partial charge in [0.05, 0.1) is 12.3 Å². The third-order valence-corrected chi connectivity index (χ3v) is 10.9. The SMILES string of the molecule is [2H]c1c([2H])c(-c2cccc(-c3nc(-c4cccc(-c5ccccc5)c4)nc(-c4ccc5c(c4)oc4cccc(-c6ccccc6)c45)n3)c2)c2c(oc3c4c([2H])c([2H])c([2H])c([2H])c4c([2H])c([2H])c32)c1[2H]. The Hall–Kier alpha value is -8.15. The third kappa shape index (κ3) is 5.67. The van der Waals surface area contributed by atoms with Crippen molar-refractivity contribution in [3.05, 3.63) is 200 Å². The molecular formula is C55H33N3O2. The van der Waals surface area contributed by atoms with Gasteiger partial charge in [0.25, 0.3) is 0 Å². The monoisotopic (exact) mass is 776 g/mol. The minimum absolute atomic E-state index is 0.00478. The molecule has 0 amide bonds. The molecule has 0 saturated heterocycles. The van der Waals surface area contributed by atoms with E-state index >= 15 is 0 Å². The molecule has 0 aliphatic rings. The molecule has 5 heteroatoms. The highest BCUT2D eigenvalue weighted by Gasteiger charge is 2.19. The molecule has 5 nitrogen and oxygen atoms in total. The minimum atomic E-state index is -0.558. The summed E-state index contributed by atoms with van der Waals surface area (Å²) >= 11 is 0. The molecule has 3 aromatic heterocycles. The van der Waals surface area contributed by atoms with Crippen molar-refractivity contribution < 1.29 is 21.2 Å². The maximum Gasteiger partial charge on any atom is 0.164 e. The Labute approximate surface area is 357 Å². The van der Waals surface area contributed by atoms with E-state index in [1.54, 1.807) is 18.2 Å². The Morgan fingerprint density at radius 3 is 1.77 bits per heavy atom. The summed E-state index contributed by atoms with van der Waals surface area (Å²) in [6.07, 6.45) is 0. The van der Waals surface area contributed by atoms with Crippen LogP contribution in [0.1, 0.15) is 12.3 Å². The second-order valence-corrected chi connectivity index (χ2v) is 14.5. The molecule has 9 aromatic carbocycles. The molecule has 0 unspecified atom stereocenters. The smallest absolute Gasteiger partial charge is 0.164 e. The number of hydrogen-bond acceptors (Lipinski definition) is 5. The van der Waals surface area contributed by atoms with Gasteiger partial charge in [0, 0.05) is 43.6 Å². The maximum absolute atomic E-state index is 9.29. The fourth-order valence-electron chi connectivity index (χ4n) is 8.05. The summed E-state index contributed by atoms with van der Waals surface area (Å²) in [7, 11) is 0. The van der Waals surface area contributed by atoms with Crippen molar-refractivity contribution in [2.24, 2.45) is 0 Å². The Kier molecular flexibility index (Phi) is 5.95. The fourth-order valence-corrected chi connectivity index (χ4v) is 8.05. The van der Waals surface area contributed by atoms with Crippen LogP contribution in [0.3, 0.4) is 0 Å². The number of rotatable bonds is 6. The van der Waals surface area contributed by atoms with Crippen LogP contribution in [0, 0.1) is 0 Å². The first kappa shape index (κ1) is 26.0. The van der Waals surface area contributed by atoms with Crippen molar-refractivity contribution in [3.63, 3.8) is 0 Å². The van der Waals surface area contributed by atoms with Crippen molar-refractivity contribution in [3.8, 4) is 67.5 Å². The lowest BCUT2D eigenvalue weighted by atomic mass is 9.97. The van der Waals surface area contributed by atoms with E-state index in [4.69, 9.17) is 33.4 Å². The largest absolute Gasteiger partial charge is 0.456 e. The molecule has 60 heavy (non-hydrogen) atoms. The van der Waals surface area contributed by atoms with Gasteiger partial charge >= 0.3 is 0 Å². The topological polar surface area (TPSA) is 65.0 Å². The lowest BCUT2D eigenvalue weighted by Crippen LogP contribution is -2.00. The van der Waals surface area contributed by atoms with Gasteiger partial charge in [-0.05, 0) is 81.2 Å². The molecule has 12 aromatic rings. The number of benzene rings is 9. The van der Waals surface area contributed by atoms with Crippen molar-refractivity contribution in [2.45, 2.75) is 0 Å². The first-order chi connectivity index (χ1) is 33.5. The van der Waals surface area contributed by atoms with Gasteiger partial charge in [-0.3, -0.25) is 0 Å². The van der Waals surface area contributed by atoms with Crippen LogP contribution in [0.15, 0.2) is 209 Å². The van der Waals surface area contributed by atoms with Crippen molar-refractivity contribution in [2.75, 3.05) is 0 Å². The Morgan fingerprint density at radius 2 is 0.983 bits per heavy atom. The molecule has 3 heterocycles. The minimum Gasteiger partial charge on any atom is -0.456 e. The van der Waals surface area contributed by atoms with Gasteiger partial charge in [0.15, 0.2) is 17.5 Å². The second-order valence-electron chi connectivity index (χ2n) is 14.5. The van der Waals surface area contributed by atoms with Crippen LogP contribution in [0.2, 0.25) is 0 Å². The predicted octanol–water partition coefficient (Wildman–Crippen LogP) is 14.8. The van der Waals surface area contributed by atoms with Crippen LogP contribution in [0.25, 0.3) is 122 Å². The number of nitrogens with zero attached hydrogens (tertiary/aromatic N) is 3. The summed E-state index contributed by atoms with van der Waals surface area (Å²) in [4.78, 5) is 15.2. The molecule has 0 atom stereocenters. The van der Waals surface area contributed by atoms with Gasteiger partial charge in [-0.25, -0.2) is 15.0 Å². The van der Waals surface area contributed by atoms with Gasteiger partial charge in [-0.2, -0.15) is 0 Å². The van der Waals surface area contributed by atoms with Crippen LogP contribution >= 0.6 is 0 Å². The van der Waals surface area contributed by atoms with Crippen LogP contribution in [0.5, 0.6) is 0 Å². The molecule has 0 radical (unpaired) electrons. The molecule has 0 aliphatic carbocycles. The van der Waals surface area contributed by atoms with E-state index in [-0.39, 0.29) is 50.1 Å². The average Bonchev–Trinajstić information content (AvgIpc) is 3.97. The lowest BCUT2D eigenvalue weighted by molar-refractivity contribution is 0.669. The zero-order valence-electron chi connectivity index (χ0n) is 40.5. The first-order valence-electron chi connectivity index (χ1n) is 23.9. The van der Waals surface area contributed by atoms with Crippen molar-refractivity contribution in [1.82, 2.24) is 15.0 Å². The van der Waals surface area contributed by atoms with Crippen LogP contribution in [-0.2, 0) is 0 Å². The van der Waals surface area contributed by atoms with Gasteiger partial charge in [0.2, 0.25) is 0 Å². The van der Waals surface area contributed by atoms with E-state index in [1.807, 2.05) is 109 Å². The van der Waals surface area contributed by atoms with E-state index in [9.17, 15) is 2.74 Å². The average molecular weight is 777 g/mol. The molecule has 12 rings (SSSR count). The van der Waals surface area contributed by atoms with Crippen molar-refractivity contribution in [1.29, 1.82) is 0 Å². The summed E-state index contributed by atoms with van der Waals surface area (Å²) in [5.41, 5.74) is 7.67. The molecular weight excluding hydrogens is 735 g/mol. The van der Waals surface area contributed by atoms with E-state index in [0.717, 1.165) is 44.2 Å². The van der Waals surface area contributed by atoms with E-state index in [1.165, 1.54) is 0 Å². The zero-order valence-corrected chi connectivity index (χ0v) is 31.5. The molecule has 0 N–H and O–H groups in total. The summed E-state index contributed by atoms with van der Waals surface area (Å²) in [5, 5.41) is 1.71. The maximum atomic E-state index is 9.29. The fraction of sp³-hybridized carbons (Fsp3) is 0. The summed E-state index contributed by atoms with van der Waals surface area (Å²) in [5.74, 6) is 1.05. The molecule has 0 bridgehead atoms. The highest BCUT2D eigenvalue weighted by molar-refractivity contribution is 6.19. The van der Waals surface area contributed by atoms with Crippen LogP contribution < -0.4 is 0 Å². The zero-order chi connectivity index (χ0) is 47.4. The summed E-state index contributed by atoms with van der Waals surface area (Å²) in [6, 6.07) is 42.9.